The highest BCUT2D eigenvalue weighted by Gasteiger charge is 2.27. The summed E-state index contributed by atoms with van der Waals surface area (Å²) in [5.74, 6) is 1.96. The van der Waals surface area contributed by atoms with Crippen molar-refractivity contribution in [2.24, 2.45) is 5.92 Å². The zero-order valence-electron chi connectivity index (χ0n) is 10.1. The monoisotopic (exact) mass is 222 g/mol. The smallest absolute Gasteiger partial charge is 0.169 e. The quantitative estimate of drug-likeness (QED) is 0.722. The van der Waals surface area contributed by atoms with Crippen LogP contribution >= 0.6 is 0 Å². The number of ketones is 1. The van der Waals surface area contributed by atoms with Crippen LogP contribution in [-0.2, 0) is 4.74 Å². The Hall–Kier alpha value is -1.09. The van der Waals surface area contributed by atoms with Crippen molar-refractivity contribution in [3.05, 3.63) is 22.6 Å². The molecule has 0 atom stereocenters. The van der Waals surface area contributed by atoms with E-state index in [1.165, 1.54) is 0 Å². The van der Waals surface area contributed by atoms with Gasteiger partial charge in [0.1, 0.15) is 11.5 Å². The second-order valence-electron chi connectivity index (χ2n) is 4.47. The van der Waals surface area contributed by atoms with Gasteiger partial charge in [-0.25, -0.2) is 0 Å². The van der Waals surface area contributed by atoms with Gasteiger partial charge in [0, 0.05) is 24.7 Å². The van der Waals surface area contributed by atoms with E-state index in [0.29, 0.717) is 13.2 Å². The van der Waals surface area contributed by atoms with E-state index in [-0.39, 0.29) is 11.7 Å². The number of carbonyl (C=O) groups is 1. The third-order valence-electron chi connectivity index (χ3n) is 3.40. The van der Waals surface area contributed by atoms with Crippen molar-refractivity contribution >= 4 is 5.78 Å². The van der Waals surface area contributed by atoms with Crippen molar-refractivity contribution in [1.29, 1.82) is 0 Å². The minimum Gasteiger partial charge on any atom is -0.466 e. The fraction of sp³-hybridized carbons (Fsp3) is 0.615. The number of carbonyl (C=O) groups excluding carboxylic acids is 1. The molecule has 0 amide bonds. The summed E-state index contributed by atoms with van der Waals surface area (Å²) in [4.78, 5) is 12.3. The van der Waals surface area contributed by atoms with E-state index in [4.69, 9.17) is 9.15 Å². The molecule has 1 aromatic heterocycles. The Morgan fingerprint density at radius 2 is 1.75 bits per heavy atom. The van der Waals surface area contributed by atoms with Gasteiger partial charge in [-0.05, 0) is 33.6 Å². The molecule has 1 aliphatic heterocycles. The molecule has 0 saturated carbocycles. The van der Waals surface area contributed by atoms with Gasteiger partial charge in [0.15, 0.2) is 5.78 Å². The SMILES string of the molecule is Cc1oc(C)c(C(=O)C2CCOCC2)c1C. The van der Waals surface area contributed by atoms with Crippen LogP contribution in [0, 0.1) is 26.7 Å². The highest BCUT2D eigenvalue weighted by molar-refractivity contribution is 6.00. The summed E-state index contributed by atoms with van der Waals surface area (Å²) in [6.45, 7) is 7.13. The van der Waals surface area contributed by atoms with Crippen LogP contribution < -0.4 is 0 Å². The average Bonchev–Trinajstić information content (AvgIpc) is 2.54. The summed E-state index contributed by atoms with van der Waals surface area (Å²) >= 11 is 0. The Labute approximate surface area is 95.8 Å². The minimum atomic E-state index is 0.114. The predicted molar refractivity (Wildman–Crippen MR) is 60.8 cm³/mol. The van der Waals surface area contributed by atoms with E-state index in [2.05, 4.69) is 0 Å². The normalized spacial score (nSPS) is 17.7. The molecular weight excluding hydrogens is 204 g/mol. The molecule has 1 saturated heterocycles. The second-order valence-corrected chi connectivity index (χ2v) is 4.47. The zero-order valence-corrected chi connectivity index (χ0v) is 10.1. The molecule has 0 radical (unpaired) electrons. The molecule has 0 bridgehead atoms. The third-order valence-corrected chi connectivity index (χ3v) is 3.40. The van der Waals surface area contributed by atoms with Crippen molar-refractivity contribution in [2.75, 3.05) is 13.2 Å². The maximum Gasteiger partial charge on any atom is 0.169 e. The lowest BCUT2D eigenvalue weighted by Gasteiger charge is -2.20. The number of Topliss-reactive ketones (excluding diaryl/α,β-unsaturated/α-hetero) is 1. The summed E-state index contributed by atoms with van der Waals surface area (Å²) in [5.41, 5.74) is 1.79. The first kappa shape index (κ1) is 11.4. The number of ether oxygens (including phenoxy) is 1. The topological polar surface area (TPSA) is 39.4 Å². The van der Waals surface area contributed by atoms with Gasteiger partial charge in [-0.15, -0.1) is 0 Å². The Morgan fingerprint density at radius 3 is 2.25 bits per heavy atom. The maximum absolute atomic E-state index is 12.3. The molecule has 0 unspecified atom stereocenters. The summed E-state index contributed by atoms with van der Waals surface area (Å²) < 4.78 is 10.8. The van der Waals surface area contributed by atoms with Gasteiger partial charge >= 0.3 is 0 Å². The van der Waals surface area contributed by atoms with Crippen LogP contribution in [0.3, 0.4) is 0 Å². The van der Waals surface area contributed by atoms with E-state index < -0.39 is 0 Å². The molecule has 3 nitrogen and oxygen atoms in total. The first-order valence-corrected chi connectivity index (χ1v) is 5.79. The van der Waals surface area contributed by atoms with E-state index in [0.717, 1.165) is 35.5 Å². The summed E-state index contributed by atoms with van der Waals surface area (Å²) in [6.07, 6.45) is 1.67. The molecular formula is C13H18O3. The lowest BCUT2D eigenvalue weighted by molar-refractivity contribution is 0.0543. The zero-order chi connectivity index (χ0) is 11.7. The minimum absolute atomic E-state index is 0.114. The molecule has 88 valence electrons. The van der Waals surface area contributed by atoms with Gasteiger partial charge < -0.3 is 9.15 Å². The third kappa shape index (κ3) is 1.92. The summed E-state index contributed by atoms with van der Waals surface area (Å²) in [5, 5.41) is 0. The van der Waals surface area contributed by atoms with Crippen molar-refractivity contribution in [3.63, 3.8) is 0 Å². The fourth-order valence-electron chi connectivity index (χ4n) is 2.32. The van der Waals surface area contributed by atoms with Gasteiger partial charge in [0.05, 0.1) is 5.56 Å². The van der Waals surface area contributed by atoms with Gasteiger partial charge in [-0.2, -0.15) is 0 Å². The van der Waals surface area contributed by atoms with Crippen molar-refractivity contribution < 1.29 is 13.9 Å². The molecule has 0 N–H and O–H groups in total. The highest BCUT2D eigenvalue weighted by atomic mass is 16.5. The summed E-state index contributed by atoms with van der Waals surface area (Å²) in [6, 6.07) is 0. The van der Waals surface area contributed by atoms with Gasteiger partial charge in [-0.3, -0.25) is 4.79 Å². The highest BCUT2D eigenvalue weighted by Crippen LogP contribution is 2.27. The Balaban J connectivity index is 2.25. The van der Waals surface area contributed by atoms with Gasteiger partial charge in [0.25, 0.3) is 0 Å². The van der Waals surface area contributed by atoms with Crippen LogP contribution in [-0.4, -0.2) is 19.0 Å². The van der Waals surface area contributed by atoms with Crippen LogP contribution in [0.5, 0.6) is 0 Å². The molecule has 2 heterocycles. The molecule has 0 aliphatic carbocycles. The maximum atomic E-state index is 12.3. The lowest BCUT2D eigenvalue weighted by atomic mass is 9.89. The molecule has 2 rings (SSSR count). The molecule has 0 spiro atoms. The fourth-order valence-corrected chi connectivity index (χ4v) is 2.32. The first-order chi connectivity index (χ1) is 7.61. The van der Waals surface area contributed by atoms with E-state index in [1.807, 2.05) is 20.8 Å². The number of hydrogen-bond donors (Lipinski definition) is 0. The van der Waals surface area contributed by atoms with Crippen LogP contribution in [0.4, 0.5) is 0 Å². The van der Waals surface area contributed by atoms with Crippen molar-refractivity contribution in [1.82, 2.24) is 0 Å². The molecule has 0 aromatic carbocycles. The molecule has 1 aliphatic rings. The molecule has 1 fully saturated rings. The van der Waals surface area contributed by atoms with E-state index >= 15 is 0 Å². The van der Waals surface area contributed by atoms with Gasteiger partial charge in [-0.1, -0.05) is 0 Å². The predicted octanol–water partition coefficient (Wildman–Crippen LogP) is 2.81. The largest absolute Gasteiger partial charge is 0.466 e. The number of rotatable bonds is 2. The Bertz CT molecular complexity index is 398. The van der Waals surface area contributed by atoms with Gasteiger partial charge in [0.2, 0.25) is 0 Å². The first-order valence-electron chi connectivity index (χ1n) is 5.79. The Morgan fingerprint density at radius 1 is 1.12 bits per heavy atom. The Kier molecular flexibility index (Phi) is 3.15. The summed E-state index contributed by atoms with van der Waals surface area (Å²) in [7, 11) is 0. The van der Waals surface area contributed by atoms with Crippen LogP contribution in [0.25, 0.3) is 0 Å². The van der Waals surface area contributed by atoms with Crippen molar-refractivity contribution in [3.8, 4) is 0 Å². The standard InChI is InChI=1S/C13H18O3/c1-8-9(2)16-10(3)12(8)13(14)11-4-6-15-7-5-11/h11H,4-7H2,1-3H3. The number of hydrogen-bond acceptors (Lipinski definition) is 3. The van der Waals surface area contributed by atoms with Crippen LogP contribution in [0.1, 0.15) is 40.3 Å². The number of aryl methyl sites for hydroxylation is 2. The number of furan rings is 1. The van der Waals surface area contributed by atoms with Crippen molar-refractivity contribution in [2.45, 2.75) is 33.6 Å². The molecule has 3 heteroatoms. The van der Waals surface area contributed by atoms with E-state index in [9.17, 15) is 4.79 Å². The average molecular weight is 222 g/mol. The van der Waals surface area contributed by atoms with Crippen LogP contribution in [0.2, 0.25) is 0 Å². The second kappa shape index (κ2) is 4.42. The van der Waals surface area contributed by atoms with E-state index in [1.54, 1.807) is 0 Å². The molecule has 16 heavy (non-hydrogen) atoms. The van der Waals surface area contributed by atoms with Crippen LogP contribution in [0.15, 0.2) is 4.42 Å². The molecule has 1 aromatic rings. The lowest BCUT2D eigenvalue weighted by Crippen LogP contribution is -2.24.